The van der Waals surface area contributed by atoms with Crippen LogP contribution in [0.2, 0.25) is 0 Å². The smallest absolute Gasteiger partial charge is 0.127 e. The second-order valence-electron chi connectivity index (χ2n) is 8.22. The van der Waals surface area contributed by atoms with Crippen molar-refractivity contribution in [1.82, 2.24) is 0 Å². The van der Waals surface area contributed by atoms with Gasteiger partial charge in [-0.15, -0.1) is 0 Å². The van der Waals surface area contributed by atoms with Gasteiger partial charge < -0.3 is 4.74 Å². The van der Waals surface area contributed by atoms with Crippen molar-refractivity contribution in [3.63, 3.8) is 0 Å². The molecule has 1 aliphatic carbocycles. The Labute approximate surface area is 207 Å². The minimum Gasteiger partial charge on any atom is -0.457 e. The largest absolute Gasteiger partial charge is 0.457 e. The van der Waals surface area contributed by atoms with E-state index in [1.807, 2.05) is 54.6 Å². The van der Waals surface area contributed by atoms with Crippen molar-refractivity contribution in [2.75, 3.05) is 0 Å². The van der Waals surface area contributed by atoms with Crippen LogP contribution in [-0.4, -0.2) is 0 Å². The molecular weight excluding hydrogens is 431 g/mol. The fourth-order valence-corrected chi connectivity index (χ4v) is 3.85. The van der Waals surface area contributed by atoms with Gasteiger partial charge in [0.05, 0.1) is 0 Å². The average molecular weight is 461 g/mol. The molecular formula is C33H29FO. The molecule has 2 heteroatoms. The maximum atomic E-state index is 13.5. The normalized spacial score (nSPS) is 13.8. The lowest BCUT2D eigenvalue weighted by molar-refractivity contribution is 0.482. The van der Waals surface area contributed by atoms with Crippen LogP contribution in [0.25, 0.3) is 17.2 Å². The predicted octanol–water partition coefficient (Wildman–Crippen LogP) is 9.58. The zero-order valence-corrected chi connectivity index (χ0v) is 20.0. The van der Waals surface area contributed by atoms with E-state index in [4.69, 9.17) is 4.74 Å². The lowest BCUT2D eigenvalue weighted by Gasteiger charge is -2.12. The topological polar surface area (TPSA) is 9.23 Å². The Kier molecular flexibility index (Phi) is 8.08. The molecule has 4 rings (SSSR count). The van der Waals surface area contributed by atoms with Crippen LogP contribution in [0.1, 0.15) is 36.5 Å². The van der Waals surface area contributed by atoms with Gasteiger partial charge in [-0.05, 0) is 88.7 Å². The molecule has 0 spiro atoms. The first kappa shape index (κ1) is 24.0. The molecule has 0 atom stereocenters. The summed E-state index contributed by atoms with van der Waals surface area (Å²) < 4.78 is 19.5. The monoisotopic (exact) mass is 460 g/mol. The van der Waals surface area contributed by atoms with E-state index in [0.717, 1.165) is 57.8 Å². The van der Waals surface area contributed by atoms with Crippen molar-refractivity contribution in [1.29, 1.82) is 0 Å². The second-order valence-corrected chi connectivity index (χ2v) is 8.22. The average Bonchev–Trinajstić information content (AvgIpc) is 3.13. The molecule has 0 aliphatic heterocycles. The Morgan fingerprint density at radius 2 is 1.63 bits per heavy atom. The molecule has 0 saturated carbocycles. The first-order valence-electron chi connectivity index (χ1n) is 11.9. The van der Waals surface area contributed by atoms with E-state index in [0.29, 0.717) is 0 Å². The van der Waals surface area contributed by atoms with Crippen molar-refractivity contribution in [3.05, 3.63) is 150 Å². The highest BCUT2D eigenvalue weighted by molar-refractivity contribution is 5.88. The SMILES string of the molecule is C=Cc1ccc(Oc2ccc(C(/C=C\CC)=C\C3=CC=CCC=C3c3ccc(F)cc3)cc2)cc1. The van der Waals surface area contributed by atoms with Crippen molar-refractivity contribution in [2.45, 2.75) is 19.8 Å². The van der Waals surface area contributed by atoms with Crippen LogP contribution < -0.4 is 4.74 Å². The Morgan fingerprint density at radius 3 is 2.29 bits per heavy atom. The molecule has 174 valence electrons. The third kappa shape index (κ3) is 6.45. The van der Waals surface area contributed by atoms with E-state index in [9.17, 15) is 4.39 Å². The summed E-state index contributed by atoms with van der Waals surface area (Å²) in [6.45, 7) is 5.91. The van der Waals surface area contributed by atoms with Gasteiger partial charge in [0.25, 0.3) is 0 Å². The minimum atomic E-state index is -0.229. The molecule has 35 heavy (non-hydrogen) atoms. The Morgan fingerprint density at radius 1 is 0.943 bits per heavy atom. The predicted molar refractivity (Wildman–Crippen MR) is 147 cm³/mol. The highest BCUT2D eigenvalue weighted by Crippen LogP contribution is 2.31. The van der Waals surface area contributed by atoms with Crippen LogP contribution in [0, 0.1) is 5.82 Å². The molecule has 0 unspecified atom stereocenters. The van der Waals surface area contributed by atoms with Crippen molar-refractivity contribution in [2.24, 2.45) is 0 Å². The summed E-state index contributed by atoms with van der Waals surface area (Å²) in [5, 5.41) is 0. The maximum Gasteiger partial charge on any atom is 0.127 e. The van der Waals surface area contributed by atoms with Gasteiger partial charge in [0.15, 0.2) is 0 Å². The summed E-state index contributed by atoms with van der Waals surface area (Å²) in [7, 11) is 0. The summed E-state index contributed by atoms with van der Waals surface area (Å²) >= 11 is 0. The van der Waals surface area contributed by atoms with Crippen molar-refractivity contribution in [3.8, 4) is 11.5 Å². The van der Waals surface area contributed by atoms with E-state index in [-0.39, 0.29) is 5.82 Å². The number of hydrogen-bond donors (Lipinski definition) is 0. The zero-order chi connectivity index (χ0) is 24.5. The molecule has 3 aromatic carbocycles. The molecule has 1 nitrogen and oxygen atoms in total. The fourth-order valence-electron chi connectivity index (χ4n) is 3.85. The van der Waals surface area contributed by atoms with Gasteiger partial charge in [0.1, 0.15) is 17.3 Å². The number of allylic oxidation sites excluding steroid dienone is 10. The van der Waals surface area contributed by atoms with E-state index >= 15 is 0 Å². The van der Waals surface area contributed by atoms with Gasteiger partial charge in [0.2, 0.25) is 0 Å². The van der Waals surface area contributed by atoms with Crippen molar-refractivity contribution >= 4 is 17.2 Å². The Hall–Kier alpha value is -4.17. The first-order valence-corrected chi connectivity index (χ1v) is 11.9. The van der Waals surface area contributed by atoms with E-state index in [1.54, 1.807) is 0 Å². The number of benzene rings is 3. The molecule has 1 aliphatic rings. The maximum absolute atomic E-state index is 13.5. The third-order valence-electron chi connectivity index (χ3n) is 5.72. The molecule has 0 bridgehead atoms. The van der Waals surface area contributed by atoms with Crippen LogP contribution >= 0.6 is 0 Å². The van der Waals surface area contributed by atoms with Gasteiger partial charge >= 0.3 is 0 Å². The quantitative estimate of drug-likeness (QED) is 0.304. The summed E-state index contributed by atoms with van der Waals surface area (Å²) in [6.07, 6.45) is 18.6. The first-order chi connectivity index (χ1) is 17.2. The third-order valence-corrected chi connectivity index (χ3v) is 5.72. The van der Waals surface area contributed by atoms with Crippen LogP contribution in [0.5, 0.6) is 11.5 Å². The summed E-state index contributed by atoms with van der Waals surface area (Å²) in [4.78, 5) is 0. The Balaban J connectivity index is 1.63. The van der Waals surface area contributed by atoms with Gasteiger partial charge in [-0.1, -0.05) is 92.4 Å². The fraction of sp³-hybridized carbons (Fsp3) is 0.0909. The van der Waals surface area contributed by atoms with Gasteiger partial charge in [-0.25, -0.2) is 4.39 Å². The minimum absolute atomic E-state index is 0.229. The summed E-state index contributed by atoms with van der Waals surface area (Å²) in [5.41, 5.74) is 6.44. The molecule has 0 amide bonds. The van der Waals surface area contributed by atoms with Gasteiger partial charge in [-0.3, -0.25) is 0 Å². The zero-order valence-electron chi connectivity index (χ0n) is 20.0. The number of hydrogen-bond acceptors (Lipinski definition) is 1. The lowest BCUT2D eigenvalue weighted by Crippen LogP contribution is -1.91. The molecule has 0 radical (unpaired) electrons. The Bertz CT molecular complexity index is 1300. The summed E-state index contributed by atoms with van der Waals surface area (Å²) in [6, 6.07) is 22.7. The van der Waals surface area contributed by atoms with Crippen LogP contribution in [0.4, 0.5) is 4.39 Å². The van der Waals surface area contributed by atoms with E-state index < -0.39 is 0 Å². The van der Waals surface area contributed by atoms with Gasteiger partial charge in [-0.2, -0.15) is 0 Å². The number of ether oxygens (including phenoxy) is 1. The molecule has 3 aromatic rings. The molecule has 0 aromatic heterocycles. The number of halogens is 1. The van der Waals surface area contributed by atoms with Crippen LogP contribution in [-0.2, 0) is 0 Å². The molecule has 0 heterocycles. The standard InChI is InChI=1S/C33H29FO/c1-3-5-9-28(24-29-10-7-6-8-11-33(29)27-14-18-30(34)19-15-27)26-16-22-32(23-17-26)35-31-20-12-25(4-2)13-21-31/h4-7,9-24H,2-3,8H2,1H3/b9-5-,28-24-. The number of rotatable bonds is 8. The molecule has 0 fully saturated rings. The van der Waals surface area contributed by atoms with Gasteiger partial charge in [0, 0.05) is 0 Å². The molecule has 0 N–H and O–H groups in total. The van der Waals surface area contributed by atoms with Crippen LogP contribution in [0.15, 0.2) is 127 Å². The highest BCUT2D eigenvalue weighted by Gasteiger charge is 2.10. The van der Waals surface area contributed by atoms with E-state index in [1.165, 1.54) is 12.1 Å². The lowest BCUT2D eigenvalue weighted by atomic mass is 9.93. The summed E-state index contributed by atoms with van der Waals surface area (Å²) in [5.74, 6) is 1.34. The highest BCUT2D eigenvalue weighted by atomic mass is 19.1. The van der Waals surface area contributed by atoms with Crippen molar-refractivity contribution < 1.29 is 9.13 Å². The second kappa shape index (κ2) is 11.8. The molecule has 0 saturated heterocycles. The van der Waals surface area contributed by atoms with E-state index in [2.05, 4.69) is 68.2 Å². The van der Waals surface area contributed by atoms with Crippen LogP contribution in [0.3, 0.4) is 0 Å².